The highest BCUT2D eigenvalue weighted by molar-refractivity contribution is 6.22. The fourth-order valence-corrected chi connectivity index (χ4v) is 3.79. The topological polar surface area (TPSA) is 66.9 Å². The van der Waals surface area contributed by atoms with Crippen molar-refractivity contribution in [3.05, 3.63) is 59.7 Å². The molecular formula is C21H20N2O4. The molecule has 3 amide bonds. The second-order valence-corrected chi connectivity index (χ2v) is 6.77. The molecule has 0 N–H and O–H groups in total. The number of hydrogen-bond acceptors (Lipinski definition) is 4. The van der Waals surface area contributed by atoms with Crippen molar-refractivity contribution in [1.82, 2.24) is 4.90 Å². The standard InChI is InChI=1S/C21H20N2O4/c1-27-15-10-8-14(9-11-15)13-19(24)23-17-6-3-2-5-16(17)20(25)22-12-4-7-18(22)21(23)26/h2-3,5-6,8-11,18H,4,7,12-13H2,1H3/t18-/m1/s1. The summed E-state index contributed by atoms with van der Waals surface area (Å²) in [5.74, 6) is -0.126. The van der Waals surface area contributed by atoms with Crippen LogP contribution in [0, 0.1) is 0 Å². The van der Waals surface area contributed by atoms with E-state index < -0.39 is 6.04 Å². The van der Waals surface area contributed by atoms with Gasteiger partial charge < -0.3 is 9.64 Å². The minimum atomic E-state index is -0.565. The monoisotopic (exact) mass is 364 g/mol. The van der Waals surface area contributed by atoms with E-state index in [1.54, 1.807) is 60.5 Å². The van der Waals surface area contributed by atoms with Crippen LogP contribution in [0.25, 0.3) is 0 Å². The molecular weight excluding hydrogens is 344 g/mol. The third kappa shape index (κ3) is 2.97. The minimum absolute atomic E-state index is 0.0744. The summed E-state index contributed by atoms with van der Waals surface area (Å²) in [6.45, 7) is 0.546. The second-order valence-electron chi connectivity index (χ2n) is 6.77. The first-order valence-electron chi connectivity index (χ1n) is 9.00. The number of amides is 3. The van der Waals surface area contributed by atoms with Gasteiger partial charge >= 0.3 is 0 Å². The molecule has 0 spiro atoms. The Morgan fingerprint density at radius 1 is 1.11 bits per heavy atom. The normalized spacial score (nSPS) is 18.8. The first-order chi connectivity index (χ1) is 13.1. The van der Waals surface area contributed by atoms with Crippen molar-refractivity contribution >= 4 is 23.4 Å². The van der Waals surface area contributed by atoms with Crippen molar-refractivity contribution < 1.29 is 19.1 Å². The fraction of sp³-hybridized carbons (Fsp3) is 0.286. The van der Waals surface area contributed by atoms with E-state index in [4.69, 9.17) is 4.74 Å². The Hall–Kier alpha value is -3.15. The Bertz CT molecular complexity index is 907. The van der Waals surface area contributed by atoms with Crippen LogP contribution in [0.3, 0.4) is 0 Å². The number of ether oxygens (including phenoxy) is 1. The molecule has 1 atom stereocenters. The maximum atomic E-state index is 13.2. The van der Waals surface area contributed by atoms with Crippen molar-refractivity contribution in [2.24, 2.45) is 0 Å². The summed E-state index contributed by atoms with van der Waals surface area (Å²) in [6, 6.07) is 13.4. The van der Waals surface area contributed by atoms with Crippen LogP contribution >= 0.6 is 0 Å². The zero-order chi connectivity index (χ0) is 19.0. The summed E-state index contributed by atoms with van der Waals surface area (Å²) >= 11 is 0. The quantitative estimate of drug-likeness (QED) is 0.839. The average Bonchev–Trinajstić information content (AvgIpc) is 3.15. The minimum Gasteiger partial charge on any atom is -0.497 e. The first kappa shape index (κ1) is 17.3. The van der Waals surface area contributed by atoms with Crippen LogP contribution in [0.1, 0.15) is 28.8 Å². The van der Waals surface area contributed by atoms with E-state index in [2.05, 4.69) is 0 Å². The van der Waals surface area contributed by atoms with Crippen LogP contribution in [0.5, 0.6) is 5.75 Å². The van der Waals surface area contributed by atoms with Gasteiger partial charge in [0.2, 0.25) is 5.91 Å². The lowest BCUT2D eigenvalue weighted by molar-refractivity contribution is -0.128. The summed E-state index contributed by atoms with van der Waals surface area (Å²) in [4.78, 5) is 41.9. The van der Waals surface area contributed by atoms with Crippen LogP contribution in [0.2, 0.25) is 0 Å². The lowest BCUT2D eigenvalue weighted by atomic mass is 10.1. The molecule has 1 saturated heterocycles. The third-order valence-electron chi connectivity index (χ3n) is 5.16. The molecule has 6 nitrogen and oxygen atoms in total. The number of fused-ring (bicyclic) bond motifs is 2. The molecule has 0 aliphatic carbocycles. The summed E-state index contributed by atoms with van der Waals surface area (Å²) < 4.78 is 5.14. The van der Waals surface area contributed by atoms with Crippen LogP contribution < -0.4 is 9.64 Å². The molecule has 138 valence electrons. The molecule has 0 bridgehead atoms. The lowest BCUT2D eigenvalue weighted by Crippen LogP contribution is -2.47. The number of imide groups is 1. The Morgan fingerprint density at radius 2 is 1.85 bits per heavy atom. The van der Waals surface area contributed by atoms with Crippen LogP contribution in [0.4, 0.5) is 5.69 Å². The molecule has 0 unspecified atom stereocenters. The number of anilines is 1. The zero-order valence-corrected chi connectivity index (χ0v) is 15.1. The summed E-state index contributed by atoms with van der Waals surface area (Å²) in [6.07, 6.45) is 1.43. The number of para-hydroxylation sites is 1. The summed E-state index contributed by atoms with van der Waals surface area (Å²) in [7, 11) is 1.58. The van der Waals surface area contributed by atoms with Gasteiger partial charge in [-0.3, -0.25) is 14.4 Å². The van der Waals surface area contributed by atoms with Crippen LogP contribution in [-0.2, 0) is 16.0 Å². The Balaban J connectivity index is 1.70. The summed E-state index contributed by atoms with van der Waals surface area (Å²) in [5.41, 5.74) is 1.56. The molecule has 2 heterocycles. The average molecular weight is 364 g/mol. The van der Waals surface area contributed by atoms with E-state index in [0.717, 1.165) is 12.0 Å². The number of nitrogens with zero attached hydrogens (tertiary/aromatic N) is 2. The number of carbonyl (C=O) groups excluding carboxylic acids is 3. The van der Waals surface area contributed by atoms with Crippen molar-refractivity contribution in [3.63, 3.8) is 0 Å². The Labute approximate surface area is 157 Å². The highest BCUT2D eigenvalue weighted by atomic mass is 16.5. The Kier molecular flexibility index (Phi) is 4.39. The predicted molar refractivity (Wildman–Crippen MR) is 99.7 cm³/mol. The van der Waals surface area contributed by atoms with Gasteiger partial charge in [0.15, 0.2) is 0 Å². The van der Waals surface area contributed by atoms with Gasteiger partial charge in [-0.25, -0.2) is 4.90 Å². The molecule has 4 rings (SSSR count). The molecule has 2 aliphatic heterocycles. The molecule has 2 aromatic rings. The van der Waals surface area contributed by atoms with Gasteiger partial charge in [0.1, 0.15) is 11.8 Å². The van der Waals surface area contributed by atoms with Crippen molar-refractivity contribution in [3.8, 4) is 5.75 Å². The first-order valence-corrected chi connectivity index (χ1v) is 9.00. The number of rotatable bonds is 3. The number of hydrogen-bond donors (Lipinski definition) is 0. The molecule has 0 saturated carbocycles. The molecule has 1 fully saturated rings. The number of benzene rings is 2. The van der Waals surface area contributed by atoms with Gasteiger partial charge in [0.25, 0.3) is 11.8 Å². The van der Waals surface area contributed by atoms with E-state index in [0.29, 0.717) is 30.0 Å². The van der Waals surface area contributed by atoms with E-state index >= 15 is 0 Å². The predicted octanol–water partition coefficient (Wildman–Crippen LogP) is 2.42. The molecule has 0 aromatic heterocycles. The van der Waals surface area contributed by atoms with Gasteiger partial charge in [-0.2, -0.15) is 0 Å². The maximum absolute atomic E-state index is 13.2. The van der Waals surface area contributed by atoms with E-state index in [9.17, 15) is 14.4 Å². The Morgan fingerprint density at radius 3 is 2.59 bits per heavy atom. The van der Waals surface area contributed by atoms with Gasteiger partial charge in [0, 0.05) is 6.54 Å². The van der Waals surface area contributed by atoms with E-state index in [-0.39, 0.29) is 24.1 Å². The van der Waals surface area contributed by atoms with Crippen molar-refractivity contribution in [2.45, 2.75) is 25.3 Å². The van der Waals surface area contributed by atoms with Crippen LogP contribution in [-0.4, -0.2) is 42.3 Å². The fourth-order valence-electron chi connectivity index (χ4n) is 3.79. The molecule has 27 heavy (non-hydrogen) atoms. The zero-order valence-electron chi connectivity index (χ0n) is 15.1. The highest BCUT2D eigenvalue weighted by Gasteiger charge is 2.43. The third-order valence-corrected chi connectivity index (χ3v) is 5.16. The molecule has 6 heteroatoms. The smallest absolute Gasteiger partial charge is 0.256 e. The van der Waals surface area contributed by atoms with Crippen molar-refractivity contribution in [1.29, 1.82) is 0 Å². The van der Waals surface area contributed by atoms with Crippen LogP contribution in [0.15, 0.2) is 48.5 Å². The highest BCUT2D eigenvalue weighted by Crippen LogP contribution is 2.32. The number of carbonyl (C=O) groups is 3. The molecule has 0 radical (unpaired) electrons. The molecule has 2 aliphatic rings. The van der Waals surface area contributed by atoms with Gasteiger partial charge in [-0.15, -0.1) is 0 Å². The van der Waals surface area contributed by atoms with Gasteiger partial charge in [0.05, 0.1) is 24.8 Å². The van der Waals surface area contributed by atoms with Crippen molar-refractivity contribution in [2.75, 3.05) is 18.6 Å². The second kappa shape index (κ2) is 6.87. The number of methoxy groups -OCH3 is 1. The largest absolute Gasteiger partial charge is 0.497 e. The molecule has 2 aromatic carbocycles. The summed E-state index contributed by atoms with van der Waals surface area (Å²) in [5, 5.41) is 0. The SMILES string of the molecule is COc1ccc(CC(=O)N2C(=O)[C@H]3CCCN3C(=O)c3ccccc32)cc1. The van der Waals surface area contributed by atoms with Gasteiger partial charge in [-0.1, -0.05) is 24.3 Å². The maximum Gasteiger partial charge on any atom is 0.256 e. The lowest BCUT2D eigenvalue weighted by Gasteiger charge is -2.24. The van der Waals surface area contributed by atoms with E-state index in [1.807, 2.05) is 0 Å². The van der Waals surface area contributed by atoms with E-state index in [1.165, 1.54) is 4.90 Å². The van der Waals surface area contributed by atoms with Gasteiger partial charge in [-0.05, 0) is 42.7 Å².